The Morgan fingerprint density at radius 3 is 2.50 bits per heavy atom. The molecule has 0 bridgehead atoms. The summed E-state index contributed by atoms with van der Waals surface area (Å²) in [5.41, 5.74) is -0.150. The molecule has 1 aromatic heterocycles. The molecule has 9 nitrogen and oxygen atoms in total. The van der Waals surface area contributed by atoms with Crippen LogP contribution in [0.3, 0.4) is 0 Å². The number of nitrogens with zero attached hydrogens (tertiary/aromatic N) is 5. The fraction of sp³-hybridized carbons (Fsp3) is 0.545. The molecule has 2 heterocycles. The van der Waals surface area contributed by atoms with Gasteiger partial charge >= 0.3 is 5.97 Å². The summed E-state index contributed by atoms with van der Waals surface area (Å²) in [7, 11) is 0. The molecule has 1 aliphatic heterocycles. The summed E-state index contributed by atoms with van der Waals surface area (Å²) >= 11 is 0. The second kappa shape index (κ2) is 5.68. The highest BCUT2D eigenvalue weighted by molar-refractivity contribution is 5.92. The van der Waals surface area contributed by atoms with Crippen molar-refractivity contribution in [3.63, 3.8) is 0 Å². The van der Waals surface area contributed by atoms with Crippen LogP contribution in [-0.4, -0.2) is 73.9 Å². The van der Waals surface area contributed by atoms with Crippen LogP contribution >= 0.6 is 0 Å². The predicted octanol–water partition coefficient (Wildman–Crippen LogP) is -1.33. The van der Waals surface area contributed by atoms with E-state index >= 15 is 0 Å². The average Bonchev–Trinajstić information content (AvgIpc) is 2.88. The maximum atomic E-state index is 11.8. The molecule has 0 atom stereocenters. The normalized spacial score (nSPS) is 15.8. The van der Waals surface area contributed by atoms with Crippen LogP contribution in [0.5, 0.6) is 0 Å². The quantitative estimate of drug-likeness (QED) is 0.716. The number of aromatic carboxylic acids is 1. The van der Waals surface area contributed by atoms with Gasteiger partial charge in [0.25, 0.3) is 0 Å². The molecule has 108 valence electrons. The molecule has 1 fully saturated rings. The fourth-order valence-corrected chi connectivity index (χ4v) is 1.92. The monoisotopic (exact) mass is 281 g/mol. The lowest BCUT2D eigenvalue weighted by atomic mass is 10.3. The van der Waals surface area contributed by atoms with E-state index in [0.29, 0.717) is 19.6 Å². The van der Waals surface area contributed by atoms with E-state index < -0.39 is 5.97 Å². The Morgan fingerprint density at radius 2 is 1.90 bits per heavy atom. The smallest absolute Gasteiger partial charge is 0.358 e. The van der Waals surface area contributed by atoms with E-state index in [-0.39, 0.29) is 30.6 Å². The first-order valence-electron chi connectivity index (χ1n) is 6.20. The van der Waals surface area contributed by atoms with Crippen molar-refractivity contribution in [2.75, 3.05) is 26.2 Å². The molecule has 1 saturated heterocycles. The van der Waals surface area contributed by atoms with Crippen LogP contribution in [-0.2, 0) is 16.1 Å². The van der Waals surface area contributed by atoms with Crippen molar-refractivity contribution >= 4 is 17.8 Å². The van der Waals surface area contributed by atoms with Crippen molar-refractivity contribution in [3.8, 4) is 0 Å². The highest BCUT2D eigenvalue weighted by atomic mass is 16.4. The lowest BCUT2D eigenvalue weighted by Gasteiger charge is -2.33. The highest BCUT2D eigenvalue weighted by Crippen LogP contribution is 2.05. The van der Waals surface area contributed by atoms with Gasteiger partial charge in [-0.25, -0.2) is 9.48 Å². The van der Waals surface area contributed by atoms with Gasteiger partial charge in [-0.15, -0.1) is 5.10 Å². The van der Waals surface area contributed by atoms with E-state index in [9.17, 15) is 14.4 Å². The topological polar surface area (TPSA) is 109 Å². The maximum absolute atomic E-state index is 11.8. The number of carbonyl (C=O) groups is 3. The van der Waals surface area contributed by atoms with Crippen molar-refractivity contribution in [2.45, 2.75) is 13.5 Å². The van der Waals surface area contributed by atoms with E-state index in [2.05, 4.69) is 10.3 Å². The molecule has 0 radical (unpaired) electrons. The molecule has 0 aliphatic carbocycles. The van der Waals surface area contributed by atoms with E-state index in [1.165, 1.54) is 20.7 Å². The van der Waals surface area contributed by atoms with Gasteiger partial charge in [0.1, 0.15) is 0 Å². The summed E-state index contributed by atoms with van der Waals surface area (Å²) in [6.45, 7) is 3.07. The molecule has 20 heavy (non-hydrogen) atoms. The van der Waals surface area contributed by atoms with Crippen molar-refractivity contribution in [3.05, 3.63) is 11.9 Å². The number of piperazine rings is 1. The van der Waals surface area contributed by atoms with E-state index in [1.54, 1.807) is 0 Å². The van der Waals surface area contributed by atoms with E-state index in [4.69, 9.17) is 5.11 Å². The minimum absolute atomic E-state index is 0.0488. The SMILES string of the molecule is CCN1CC(=O)N(CCn2cc(C(=O)O)nn2)CC1=O. The number of aromatic nitrogens is 3. The summed E-state index contributed by atoms with van der Waals surface area (Å²) in [5.74, 6) is -1.36. The fourth-order valence-electron chi connectivity index (χ4n) is 1.92. The van der Waals surface area contributed by atoms with Gasteiger partial charge in [0.05, 0.1) is 25.8 Å². The number of carbonyl (C=O) groups excluding carboxylic acids is 2. The molecule has 1 aromatic rings. The second-order valence-corrected chi connectivity index (χ2v) is 4.40. The lowest BCUT2D eigenvalue weighted by molar-refractivity contribution is -0.150. The molecular weight excluding hydrogens is 266 g/mol. The second-order valence-electron chi connectivity index (χ2n) is 4.40. The molecule has 1 aliphatic rings. The van der Waals surface area contributed by atoms with Gasteiger partial charge in [0.15, 0.2) is 5.69 Å². The van der Waals surface area contributed by atoms with Crippen LogP contribution in [0.25, 0.3) is 0 Å². The van der Waals surface area contributed by atoms with Crippen LogP contribution < -0.4 is 0 Å². The Balaban J connectivity index is 1.92. The Hall–Kier alpha value is -2.45. The first-order chi connectivity index (χ1) is 9.51. The number of likely N-dealkylation sites (N-methyl/N-ethyl adjacent to an activating group) is 1. The third-order valence-electron chi connectivity index (χ3n) is 3.10. The molecule has 2 amide bonds. The molecule has 9 heteroatoms. The van der Waals surface area contributed by atoms with Crippen molar-refractivity contribution < 1.29 is 19.5 Å². The Bertz CT molecular complexity index is 541. The van der Waals surface area contributed by atoms with Gasteiger partial charge in [-0.2, -0.15) is 0 Å². The first-order valence-corrected chi connectivity index (χ1v) is 6.20. The molecular formula is C11H15N5O4. The Kier molecular flexibility index (Phi) is 3.97. The van der Waals surface area contributed by atoms with Crippen LogP contribution in [0.4, 0.5) is 0 Å². The number of hydrogen-bond acceptors (Lipinski definition) is 5. The number of hydrogen-bond donors (Lipinski definition) is 1. The zero-order valence-corrected chi connectivity index (χ0v) is 11.0. The van der Waals surface area contributed by atoms with Crippen molar-refractivity contribution in [1.82, 2.24) is 24.8 Å². The van der Waals surface area contributed by atoms with Gasteiger partial charge in [-0.1, -0.05) is 5.21 Å². The third-order valence-corrected chi connectivity index (χ3v) is 3.10. The molecule has 2 rings (SSSR count). The van der Waals surface area contributed by atoms with Crippen LogP contribution in [0.15, 0.2) is 6.20 Å². The Labute approximate surface area is 114 Å². The largest absolute Gasteiger partial charge is 0.476 e. The Morgan fingerprint density at radius 1 is 1.25 bits per heavy atom. The van der Waals surface area contributed by atoms with Crippen LogP contribution in [0, 0.1) is 0 Å². The summed E-state index contributed by atoms with van der Waals surface area (Å²) in [5, 5.41) is 15.8. The van der Waals surface area contributed by atoms with Crippen LogP contribution in [0.2, 0.25) is 0 Å². The molecule has 1 N–H and O–H groups in total. The summed E-state index contributed by atoms with van der Waals surface area (Å²) < 4.78 is 1.34. The highest BCUT2D eigenvalue weighted by Gasteiger charge is 2.28. The minimum atomic E-state index is -1.15. The predicted molar refractivity (Wildman–Crippen MR) is 65.8 cm³/mol. The molecule has 0 aromatic carbocycles. The van der Waals surface area contributed by atoms with E-state index in [0.717, 1.165) is 0 Å². The standard InChI is InChI=1S/C11H15N5O4/c1-2-14-6-10(18)15(7-9(14)17)3-4-16-5-8(11(19)20)12-13-16/h5H,2-4,6-7H2,1H3,(H,19,20). The van der Waals surface area contributed by atoms with Gasteiger partial charge in [0.2, 0.25) is 11.8 Å². The molecule has 0 saturated carbocycles. The minimum Gasteiger partial charge on any atom is -0.476 e. The third kappa shape index (κ3) is 2.92. The van der Waals surface area contributed by atoms with Gasteiger partial charge in [-0.05, 0) is 6.92 Å². The number of rotatable bonds is 5. The average molecular weight is 281 g/mol. The summed E-state index contributed by atoms with van der Waals surface area (Å²) in [6, 6.07) is 0. The van der Waals surface area contributed by atoms with Crippen molar-refractivity contribution in [2.24, 2.45) is 0 Å². The number of amides is 2. The molecule has 0 spiro atoms. The van der Waals surface area contributed by atoms with Gasteiger partial charge in [-0.3, -0.25) is 9.59 Å². The summed E-state index contributed by atoms with van der Waals surface area (Å²) in [4.78, 5) is 37.1. The lowest BCUT2D eigenvalue weighted by Crippen LogP contribution is -2.54. The van der Waals surface area contributed by atoms with Gasteiger partial charge in [0, 0.05) is 13.1 Å². The first kappa shape index (κ1) is 14.0. The number of carboxylic acid groups (broad SMARTS) is 1. The maximum Gasteiger partial charge on any atom is 0.358 e. The van der Waals surface area contributed by atoms with Crippen LogP contribution in [0.1, 0.15) is 17.4 Å². The summed E-state index contributed by atoms with van der Waals surface area (Å²) in [6.07, 6.45) is 1.29. The van der Waals surface area contributed by atoms with E-state index in [1.807, 2.05) is 6.92 Å². The number of carboxylic acids is 1. The molecule has 0 unspecified atom stereocenters. The zero-order valence-electron chi connectivity index (χ0n) is 11.0. The zero-order chi connectivity index (χ0) is 14.7. The van der Waals surface area contributed by atoms with Gasteiger partial charge < -0.3 is 14.9 Å². The van der Waals surface area contributed by atoms with Crippen molar-refractivity contribution in [1.29, 1.82) is 0 Å².